The van der Waals surface area contributed by atoms with Gasteiger partial charge in [-0.3, -0.25) is 9.48 Å². The van der Waals surface area contributed by atoms with Crippen LogP contribution in [0.3, 0.4) is 0 Å². The molecule has 0 spiro atoms. The van der Waals surface area contributed by atoms with Gasteiger partial charge in [-0.05, 0) is 63.7 Å². The predicted octanol–water partition coefficient (Wildman–Crippen LogP) is 3.68. The smallest absolute Gasteiger partial charge is 0.229 e. The van der Waals surface area contributed by atoms with E-state index in [4.69, 9.17) is 5.10 Å². The topological polar surface area (TPSA) is 50.2 Å². The maximum absolute atomic E-state index is 12.9. The van der Waals surface area contributed by atoms with E-state index in [1.807, 2.05) is 68.0 Å². The number of nitrogens with zero attached hydrogens (tertiary/aromatic N) is 3. The first-order valence-electron chi connectivity index (χ1n) is 10.5. The molecule has 1 fully saturated rings. The lowest BCUT2D eigenvalue weighted by molar-refractivity contribution is -0.131. The molecule has 2 aromatic rings. The Morgan fingerprint density at radius 1 is 1.25 bits per heavy atom. The normalized spacial score (nSPS) is 20.7. The first-order valence-corrected chi connectivity index (χ1v) is 10.5. The van der Waals surface area contributed by atoms with Gasteiger partial charge in [0.25, 0.3) is 0 Å². The van der Waals surface area contributed by atoms with Crippen LogP contribution >= 0.6 is 0 Å². The number of aryl methyl sites for hydroxylation is 1. The summed E-state index contributed by atoms with van der Waals surface area (Å²) < 4.78 is 1.95. The molecule has 152 valence electrons. The molecule has 1 aliphatic carbocycles. The van der Waals surface area contributed by atoms with E-state index in [2.05, 4.69) is 11.4 Å². The van der Waals surface area contributed by atoms with Crippen LogP contribution in [0.25, 0.3) is 0 Å². The highest BCUT2D eigenvalue weighted by Crippen LogP contribution is 2.35. The lowest BCUT2D eigenvalue weighted by Crippen LogP contribution is -2.30. The predicted molar refractivity (Wildman–Crippen MR) is 113 cm³/mol. The zero-order chi connectivity index (χ0) is 20.1. The Kier molecular flexibility index (Phi) is 6.89. The molecule has 0 radical (unpaired) electrons. The average molecular weight is 383 g/mol. The van der Waals surface area contributed by atoms with E-state index in [0.29, 0.717) is 12.5 Å². The summed E-state index contributed by atoms with van der Waals surface area (Å²) in [6, 6.07) is 12.2. The molecule has 1 heterocycles. The minimum absolute atomic E-state index is 0.138. The van der Waals surface area contributed by atoms with Crippen molar-refractivity contribution in [3.05, 3.63) is 53.3 Å². The number of carbonyl (C=O) groups is 1. The van der Waals surface area contributed by atoms with Crippen molar-refractivity contribution in [2.45, 2.75) is 51.0 Å². The van der Waals surface area contributed by atoms with Crippen LogP contribution in [0, 0.1) is 5.92 Å². The Morgan fingerprint density at radius 3 is 2.57 bits per heavy atom. The SMILES string of the molecule is CNCC1CCC(c2cc(CN(C)C(=O)[C@H](C)c3ccccc3)n(C)n2)CC1. The number of likely N-dealkylation sites (N-methyl/N-ethyl adjacent to an activating group) is 1. The Hall–Kier alpha value is -2.14. The van der Waals surface area contributed by atoms with Gasteiger partial charge >= 0.3 is 0 Å². The van der Waals surface area contributed by atoms with Crippen molar-refractivity contribution in [2.75, 3.05) is 20.6 Å². The number of hydrogen-bond acceptors (Lipinski definition) is 3. The molecular weight excluding hydrogens is 348 g/mol. The average Bonchev–Trinajstić information content (AvgIpc) is 3.08. The maximum Gasteiger partial charge on any atom is 0.229 e. The number of nitrogens with one attached hydrogen (secondary N) is 1. The summed E-state index contributed by atoms with van der Waals surface area (Å²) in [5, 5.41) is 8.08. The van der Waals surface area contributed by atoms with Gasteiger partial charge in [0.1, 0.15) is 0 Å². The van der Waals surface area contributed by atoms with Gasteiger partial charge in [0.15, 0.2) is 0 Å². The van der Waals surface area contributed by atoms with E-state index < -0.39 is 0 Å². The molecular formula is C23H34N4O. The van der Waals surface area contributed by atoms with Gasteiger partial charge in [-0.1, -0.05) is 30.3 Å². The van der Waals surface area contributed by atoms with Crippen LogP contribution in [0.4, 0.5) is 0 Å². The third-order valence-electron chi connectivity index (χ3n) is 6.20. The lowest BCUT2D eigenvalue weighted by atomic mass is 9.80. The van der Waals surface area contributed by atoms with Crippen molar-refractivity contribution in [1.82, 2.24) is 20.0 Å². The second kappa shape index (κ2) is 9.37. The van der Waals surface area contributed by atoms with E-state index in [0.717, 1.165) is 23.7 Å². The number of benzene rings is 1. The second-order valence-corrected chi connectivity index (χ2v) is 8.29. The molecule has 1 aromatic heterocycles. The number of carbonyl (C=O) groups excluding carboxylic acids is 1. The van der Waals surface area contributed by atoms with Crippen molar-refractivity contribution in [2.24, 2.45) is 13.0 Å². The van der Waals surface area contributed by atoms with Crippen molar-refractivity contribution in [3.8, 4) is 0 Å². The standard InChI is InChI=1S/C23H34N4O/c1-17(19-8-6-5-7-9-19)23(28)26(3)16-21-14-22(25-27(21)4)20-12-10-18(11-13-20)15-24-2/h5-9,14,17-18,20,24H,10-13,15-16H2,1-4H3/t17-,18?,20?/m1/s1. The fourth-order valence-corrected chi connectivity index (χ4v) is 4.36. The summed E-state index contributed by atoms with van der Waals surface area (Å²) in [5.74, 6) is 1.35. The summed E-state index contributed by atoms with van der Waals surface area (Å²) >= 11 is 0. The molecule has 1 aromatic carbocycles. The van der Waals surface area contributed by atoms with Gasteiger partial charge in [-0.15, -0.1) is 0 Å². The highest BCUT2D eigenvalue weighted by Gasteiger charge is 2.25. The van der Waals surface area contributed by atoms with Gasteiger partial charge < -0.3 is 10.2 Å². The summed E-state index contributed by atoms with van der Waals surface area (Å²) in [6.07, 6.45) is 4.96. The molecule has 5 heteroatoms. The van der Waals surface area contributed by atoms with E-state index in [1.165, 1.54) is 31.4 Å². The second-order valence-electron chi connectivity index (χ2n) is 8.29. The summed E-state index contributed by atoms with van der Waals surface area (Å²) in [7, 11) is 5.91. The largest absolute Gasteiger partial charge is 0.339 e. The third kappa shape index (κ3) is 4.82. The Morgan fingerprint density at radius 2 is 1.93 bits per heavy atom. The minimum Gasteiger partial charge on any atom is -0.339 e. The van der Waals surface area contributed by atoms with Crippen LogP contribution in [0.5, 0.6) is 0 Å². The molecule has 0 unspecified atom stereocenters. The fourth-order valence-electron chi connectivity index (χ4n) is 4.36. The zero-order valence-electron chi connectivity index (χ0n) is 17.7. The summed E-state index contributed by atoms with van der Waals surface area (Å²) in [4.78, 5) is 14.7. The maximum atomic E-state index is 12.9. The molecule has 1 saturated carbocycles. The highest BCUT2D eigenvalue weighted by molar-refractivity contribution is 5.83. The monoisotopic (exact) mass is 382 g/mol. The number of hydrogen-bond donors (Lipinski definition) is 1. The van der Waals surface area contributed by atoms with Gasteiger partial charge in [0.2, 0.25) is 5.91 Å². The molecule has 3 rings (SSSR count). The van der Waals surface area contributed by atoms with E-state index >= 15 is 0 Å². The van der Waals surface area contributed by atoms with Crippen molar-refractivity contribution in [3.63, 3.8) is 0 Å². The molecule has 1 N–H and O–H groups in total. The van der Waals surface area contributed by atoms with Crippen LogP contribution in [0.2, 0.25) is 0 Å². The van der Waals surface area contributed by atoms with E-state index in [9.17, 15) is 4.79 Å². The van der Waals surface area contributed by atoms with E-state index in [1.54, 1.807) is 0 Å². The van der Waals surface area contributed by atoms with Gasteiger partial charge in [0, 0.05) is 20.0 Å². The van der Waals surface area contributed by atoms with Crippen LogP contribution in [-0.2, 0) is 18.4 Å². The molecule has 0 aliphatic heterocycles. The molecule has 0 bridgehead atoms. The lowest BCUT2D eigenvalue weighted by Gasteiger charge is -2.27. The van der Waals surface area contributed by atoms with Crippen LogP contribution < -0.4 is 5.32 Å². The van der Waals surface area contributed by atoms with Crippen LogP contribution in [0.1, 0.15) is 61.4 Å². The fraction of sp³-hybridized carbons (Fsp3) is 0.565. The molecule has 1 atom stereocenters. The first kappa shape index (κ1) is 20.6. The molecule has 0 saturated heterocycles. The number of aromatic nitrogens is 2. The highest BCUT2D eigenvalue weighted by atomic mass is 16.2. The van der Waals surface area contributed by atoms with Crippen LogP contribution in [-0.4, -0.2) is 41.2 Å². The third-order valence-corrected chi connectivity index (χ3v) is 6.20. The number of rotatable bonds is 7. The Balaban J connectivity index is 1.61. The van der Waals surface area contributed by atoms with Crippen molar-refractivity contribution >= 4 is 5.91 Å². The van der Waals surface area contributed by atoms with Gasteiger partial charge in [0.05, 0.1) is 23.9 Å². The quantitative estimate of drug-likeness (QED) is 0.795. The summed E-state index contributed by atoms with van der Waals surface area (Å²) in [6.45, 7) is 3.69. The van der Waals surface area contributed by atoms with Gasteiger partial charge in [-0.2, -0.15) is 5.10 Å². The molecule has 5 nitrogen and oxygen atoms in total. The van der Waals surface area contributed by atoms with Crippen LogP contribution in [0.15, 0.2) is 36.4 Å². The molecule has 28 heavy (non-hydrogen) atoms. The van der Waals surface area contributed by atoms with E-state index in [-0.39, 0.29) is 11.8 Å². The molecule has 1 aliphatic rings. The Labute approximate surface area is 169 Å². The van der Waals surface area contributed by atoms with Crippen molar-refractivity contribution in [1.29, 1.82) is 0 Å². The first-order chi connectivity index (χ1) is 13.5. The molecule has 1 amide bonds. The summed E-state index contributed by atoms with van der Waals surface area (Å²) in [5.41, 5.74) is 3.35. The van der Waals surface area contributed by atoms with Crippen molar-refractivity contribution < 1.29 is 4.79 Å². The Bertz CT molecular complexity index is 762. The minimum atomic E-state index is -0.138. The number of amides is 1. The van der Waals surface area contributed by atoms with Gasteiger partial charge in [-0.25, -0.2) is 0 Å². The zero-order valence-corrected chi connectivity index (χ0v) is 17.7.